The summed E-state index contributed by atoms with van der Waals surface area (Å²) in [6.07, 6.45) is 3.63. The van der Waals surface area contributed by atoms with E-state index in [0.29, 0.717) is 10.7 Å². The van der Waals surface area contributed by atoms with Crippen LogP contribution in [-0.4, -0.2) is 66.1 Å². The molecule has 1 aliphatic rings. The molecule has 0 amide bonds. The molecular formula is C19H22ClN9O. The second-order valence-electron chi connectivity index (χ2n) is 7.60. The lowest BCUT2D eigenvalue weighted by Crippen LogP contribution is -2.46. The van der Waals surface area contributed by atoms with Gasteiger partial charge in [-0.25, -0.2) is 14.6 Å². The minimum absolute atomic E-state index is 0.616. The summed E-state index contributed by atoms with van der Waals surface area (Å²) >= 11 is 6.59. The molecule has 1 aliphatic heterocycles. The van der Waals surface area contributed by atoms with Gasteiger partial charge in [-0.15, -0.1) is 0 Å². The maximum Gasteiger partial charge on any atom is 0.180 e. The van der Waals surface area contributed by atoms with Crippen molar-refractivity contribution in [2.75, 3.05) is 31.1 Å². The Kier molecular flexibility index (Phi) is 4.67. The van der Waals surface area contributed by atoms with Gasteiger partial charge in [0.1, 0.15) is 22.7 Å². The molecule has 1 saturated heterocycles. The fraction of sp³-hybridized carbons (Fsp3) is 0.421. The standard InChI is InChI=1S/C19H22ClN9O/c1-11-13(9-27(3)24-11)18-22-16-17(14(20)8-21-19(16)23-18)29-6-4-28(5-7-29)10-15-12(2)25-30-26-15/h8-9H,4-7,10H2,1-3H3,(H,21,22,23). The lowest BCUT2D eigenvalue weighted by atomic mass is 10.2. The fourth-order valence-electron chi connectivity index (χ4n) is 3.92. The second kappa shape index (κ2) is 7.37. The molecule has 4 aromatic heterocycles. The number of piperazine rings is 1. The number of nitrogens with zero attached hydrogens (tertiary/aromatic N) is 8. The molecule has 10 nitrogen and oxygen atoms in total. The highest BCUT2D eigenvalue weighted by molar-refractivity contribution is 6.34. The highest BCUT2D eigenvalue weighted by Gasteiger charge is 2.24. The number of aromatic amines is 1. The first-order valence-electron chi connectivity index (χ1n) is 9.80. The normalized spacial score (nSPS) is 15.4. The van der Waals surface area contributed by atoms with Crippen molar-refractivity contribution in [1.82, 2.24) is 39.9 Å². The van der Waals surface area contributed by atoms with Gasteiger partial charge in [-0.2, -0.15) is 5.10 Å². The largest absolute Gasteiger partial charge is 0.366 e. The Hall–Kier alpha value is -2.98. The monoisotopic (exact) mass is 427 g/mol. The van der Waals surface area contributed by atoms with Crippen molar-refractivity contribution in [3.8, 4) is 11.4 Å². The smallest absolute Gasteiger partial charge is 0.180 e. The molecule has 0 saturated carbocycles. The summed E-state index contributed by atoms with van der Waals surface area (Å²) < 4.78 is 6.59. The predicted molar refractivity (Wildman–Crippen MR) is 112 cm³/mol. The van der Waals surface area contributed by atoms with Gasteiger partial charge in [0.15, 0.2) is 5.65 Å². The molecule has 0 radical (unpaired) electrons. The summed E-state index contributed by atoms with van der Waals surface area (Å²) in [5.41, 5.74) is 6.05. The molecule has 30 heavy (non-hydrogen) atoms. The van der Waals surface area contributed by atoms with E-state index in [0.717, 1.165) is 72.4 Å². The average molecular weight is 428 g/mol. The zero-order valence-electron chi connectivity index (χ0n) is 17.1. The van der Waals surface area contributed by atoms with E-state index in [1.165, 1.54) is 0 Å². The van der Waals surface area contributed by atoms with Gasteiger partial charge >= 0.3 is 0 Å². The number of H-pyrrole nitrogens is 1. The Morgan fingerprint density at radius 2 is 1.93 bits per heavy atom. The number of anilines is 1. The van der Waals surface area contributed by atoms with E-state index in [2.05, 4.69) is 40.2 Å². The molecule has 1 N–H and O–H groups in total. The second-order valence-corrected chi connectivity index (χ2v) is 8.01. The number of aryl methyl sites for hydroxylation is 3. The maximum atomic E-state index is 6.59. The number of fused-ring (bicyclic) bond motifs is 1. The number of halogens is 1. The van der Waals surface area contributed by atoms with Gasteiger partial charge in [0.25, 0.3) is 0 Å². The van der Waals surface area contributed by atoms with Crippen LogP contribution in [0.5, 0.6) is 0 Å². The van der Waals surface area contributed by atoms with Gasteiger partial charge in [0.05, 0.1) is 28.2 Å². The number of hydrogen-bond donors (Lipinski definition) is 1. The summed E-state index contributed by atoms with van der Waals surface area (Å²) in [5, 5.41) is 12.9. The molecule has 0 aliphatic carbocycles. The van der Waals surface area contributed by atoms with Crippen molar-refractivity contribution in [2.24, 2.45) is 7.05 Å². The SMILES string of the molecule is Cc1nn(C)cc1-c1nc2ncc(Cl)c(N3CCN(Cc4nonc4C)CC3)c2[nH]1. The molecule has 0 aromatic carbocycles. The Bertz CT molecular complexity index is 1200. The molecular weight excluding hydrogens is 406 g/mol. The van der Waals surface area contributed by atoms with Crippen LogP contribution in [0.4, 0.5) is 5.69 Å². The Labute approximate surface area is 177 Å². The third-order valence-corrected chi connectivity index (χ3v) is 5.80. The van der Waals surface area contributed by atoms with Crippen LogP contribution in [0.1, 0.15) is 17.1 Å². The third kappa shape index (κ3) is 3.31. The molecule has 0 spiro atoms. The molecule has 0 bridgehead atoms. The predicted octanol–water partition coefficient (Wildman–Crippen LogP) is 2.33. The van der Waals surface area contributed by atoms with Crippen molar-refractivity contribution in [3.05, 3.63) is 34.5 Å². The highest BCUT2D eigenvalue weighted by Crippen LogP contribution is 2.34. The number of imidazole rings is 1. The molecule has 5 heterocycles. The van der Waals surface area contributed by atoms with Crippen molar-refractivity contribution >= 4 is 28.5 Å². The Morgan fingerprint density at radius 3 is 2.60 bits per heavy atom. The van der Waals surface area contributed by atoms with Crippen LogP contribution in [0.3, 0.4) is 0 Å². The van der Waals surface area contributed by atoms with E-state index >= 15 is 0 Å². The molecule has 0 atom stereocenters. The number of aromatic nitrogens is 7. The molecule has 11 heteroatoms. The van der Waals surface area contributed by atoms with E-state index in [1.54, 1.807) is 10.9 Å². The molecule has 0 unspecified atom stereocenters. The molecule has 5 rings (SSSR count). The zero-order chi connectivity index (χ0) is 20.8. The fourth-order valence-corrected chi connectivity index (χ4v) is 4.19. The van der Waals surface area contributed by atoms with E-state index in [9.17, 15) is 0 Å². The lowest BCUT2D eigenvalue weighted by molar-refractivity contribution is 0.237. The number of hydrogen-bond acceptors (Lipinski definition) is 8. The summed E-state index contributed by atoms with van der Waals surface area (Å²) in [6, 6.07) is 0. The molecule has 1 fully saturated rings. The van der Waals surface area contributed by atoms with E-state index in [4.69, 9.17) is 16.2 Å². The van der Waals surface area contributed by atoms with E-state index < -0.39 is 0 Å². The maximum absolute atomic E-state index is 6.59. The molecule has 4 aromatic rings. The minimum atomic E-state index is 0.616. The summed E-state index contributed by atoms with van der Waals surface area (Å²) in [5.74, 6) is 0.749. The number of pyridine rings is 1. The van der Waals surface area contributed by atoms with Crippen molar-refractivity contribution in [3.63, 3.8) is 0 Å². The van der Waals surface area contributed by atoms with Crippen molar-refractivity contribution in [2.45, 2.75) is 20.4 Å². The van der Waals surface area contributed by atoms with E-state index in [-0.39, 0.29) is 0 Å². The Balaban J connectivity index is 1.41. The third-order valence-electron chi connectivity index (χ3n) is 5.52. The summed E-state index contributed by atoms with van der Waals surface area (Å²) in [7, 11) is 1.90. The summed E-state index contributed by atoms with van der Waals surface area (Å²) in [4.78, 5) is 17.2. The van der Waals surface area contributed by atoms with Crippen LogP contribution in [0.2, 0.25) is 5.02 Å². The molecule has 156 valence electrons. The summed E-state index contributed by atoms with van der Waals surface area (Å²) in [6.45, 7) is 8.05. The number of nitrogens with one attached hydrogen (secondary N) is 1. The van der Waals surface area contributed by atoms with Crippen molar-refractivity contribution in [1.29, 1.82) is 0 Å². The average Bonchev–Trinajstić information content (AvgIpc) is 3.41. The van der Waals surface area contributed by atoms with Gasteiger partial charge in [0.2, 0.25) is 0 Å². The van der Waals surface area contributed by atoms with Gasteiger partial charge < -0.3 is 9.88 Å². The van der Waals surface area contributed by atoms with Gasteiger partial charge in [0, 0.05) is 46.0 Å². The highest BCUT2D eigenvalue weighted by atomic mass is 35.5. The van der Waals surface area contributed by atoms with Crippen LogP contribution in [-0.2, 0) is 13.6 Å². The quantitative estimate of drug-likeness (QED) is 0.529. The van der Waals surface area contributed by atoms with Crippen LogP contribution < -0.4 is 4.90 Å². The van der Waals surface area contributed by atoms with Crippen LogP contribution in [0.25, 0.3) is 22.6 Å². The lowest BCUT2D eigenvalue weighted by Gasteiger charge is -2.36. The first kappa shape index (κ1) is 19.0. The van der Waals surface area contributed by atoms with Crippen molar-refractivity contribution < 1.29 is 4.63 Å². The van der Waals surface area contributed by atoms with Gasteiger partial charge in [-0.05, 0) is 13.8 Å². The first-order valence-corrected chi connectivity index (χ1v) is 10.2. The number of rotatable bonds is 4. The van der Waals surface area contributed by atoms with Gasteiger partial charge in [-0.3, -0.25) is 9.58 Å². The first-order chi connectivity index (χ1) is 14.5. The van der Waals surface area contributed by atoms with Crippen LogP contribution >= 0.6 is 11.6 Å². The van der Waals surface area contributed by atoms with E-state index in [1.807, 2.05) is 27.1 Å². The Morgan fingerprint density at radius 1 is 1.13 bits per heavy atom. The topological polar surface area (TPSA) is 105 Å². The minimum Gasteiger partial charge on any atom is -0.366 e. The van der Waals surface area contributed by atoms with Gasteiger partial charge in [-0.1, -0.05) is 21.9 Å². The van der Waals surface area contributed by atoms with Crippen LogP contribution in [0, 0.1) is 13.8 Å². The van der Waals surface area contributed by atoms with Crippen LogP contribution in [0.15, 0.2) is 17.0 Å². The zero-order valence-corrected chi connectivity index (χ0v) is 17.8.